The minimum absolute atomic E-state index is 0.679. The molecular formula is C25H30N4. The van der Waals surface area contributed by atoms with E-state index in [2.05, 4.69) is 70.7 Å². The van der Waals surface area contributed by atoms with Crippen LogP contribution in [0.15, 0.2) is 77.0 Å². The standard InChI is InChI=1S/C25H30N4/c1-19-9-8-10-20(2)29(19)18-17-26-24-15-16-25(23-14-7-6-13-22(23)24)28-27-21-11-4-3-5-12-21/h3-7,11-16,19-20,26H,8-10,17-18H2,1-2H3/t19-,20-/m1/s1. The highest BCUT2D eigenvalue weighted by atomic mass is 15.2. The van der Waals surface area contributed by atoms with Crippen molar-refractivity contribution in [3.8, 4) is 0 Å². The summed E-state index contributed by atoms with van der Waals surface area (Å²) < 4.78 is 0. The summed E-state index contributed by atoms with van der Waals surface area (Å²) in [6.45, 7) is 6.74. The average molecular weight is 387 g/mol. The van der Waals surface area contributed by atoms with Crippen LogP contribution in [-0.4, -0.2) is 30.1 Å². The molecule has 1 N–H and O–H groups in total. The lowest BCUT2D eigenvalue weighted by Gasteiger charge is -2.39. The van der Waals surface area contributed by atoms with Crippen molar-refractivity contribution in [3.05, 3.63) is 66.7 Å². The Morgan fingerprint density at radius 3 is 2.28 bits per heavy atom. The Bertz CT molecular complexity index is 957. The van der Waals surface area contributed by atoms with E-state index in [1.807, 2.05) is 30.3 Å². The first-order valence-electron chi connectivity index (χ1n) is 10.7. The second-order valence-electron chi connectivity index (χ2n) is 8.01. The normalized spacial score (nSPS) is 20.3. The van der Waals surface area contributed by atoms with E-state index in [0.29, 0.717) is 12.1 Å². The van der Waals surface area contributed by atoms with E-state index in [-0.39, 0.29) is 0 Å². The number of rotatable bonds is 6. The number of likely N-dealkylation sites (tertiary alicyclic amines) is 1. The van der Waals surface area contributed by atoms with Gasteiger partial charge < -0.3 is 5.32 Å². The van der Waals surface area contributed by atoms with Gasteiger partial charge in [0.1, 0.15) is 0 Å². The van der Waals surface area contributed by atoms with Gasteiger partial charge in [0, 0.05) is 41.6 Å². The van der Waals surface area contributed by atoms with Gasteiger partial charge in [-0.2, -0.15) is 5.11 Å². The number of benzene rings is 3. The second kappa shape index (κ2) is 9.19. The van der Waals surface area contributed by atoms with Crippen LogP contribution in [-0.2, 0) is 0 Å². The number of azo groups is 1. The Hall–Kier alpha value is -2.72. The van der Waals surface area contributed by atoms with Gasteiger partial charge in [0.15, 0.2) is 0 Å². The number of fused-ring (bicyclic) bond motifs is 1. The van der Waals surface area contributed by atoms with Crippen molar-refractivity contribution in [2.45, 2.75) is 45.2 Å². The molecule has 2 atom stereocenters. The summed E-state index contributed by atoms with van der Waals surface area (Å²) in [5.74, 6) is 0. The number of hydrogen-bond acceptors (Lipinski definition) is 4. The molecule has 0 bridgehead atoms. The Labute approximate surface area is 173 Å². The zero-order valence-electron chi connectivity index (χ0n) is 17.4. The van der Waals surface area contributed by atoms with Crippen LogP contribution in [0, 0.1) is 0 Å². The summed E-state index contributed by atoms with van der Waals surface area (Å²) in [4.78, 5) is 2.64. The fourth-order valence-corrected chi connectivity index (χ4v) is 4.37. The molecule has 0 aliphatic carbocycles. The number of hydrogen-bond donors (Lipinski definition) is 1. The molecule has 0 unspecified atom stereocenters. The number of nitrogens with one attached hydrogen (secondary N) is 1. The van der Waals surface area contributed by atoms with E-state index in [1.165, 1.54) is 24.6 Å². The maximum Gasteiger partial charge on any atom is 0.0936 e. The van der Waals surface area contributed by atoms with Gasteiger partial charge in [0.05, 0.1) is 11.4 Å². The van der Waals surface area contributed by atoms with Crippen molar-refractivity contribution in [1.29, 1.82) is 0 Å². The molecule has 0 radical (unpaired) electrons. The van der Waals surface area contributed by atoms with Gasteiger partial charge in [-0.15, -0.1) is 5.11 Å². The van der Waals surface area contributed by atoms with Crippen LogP contribution < -0.4 is 5.32 Å². The molecule has 0 amide bonds. The molecule has 3 aromatic rings. The van der Waals surface area contributed by atoms with Crippen LogP contribution in [0.1, 0.15) is 33.1 Å². The summed E-state index contributed by atoms with van der Waals surface area (Å²) in [7, 11) is 0. The van der Waals surface area contributed by atoms with Crippen LogP contribution >= 0.6 is 0 Å². The van der Waals surface area contributed by atoms with Crippen molar-refractivity contribution < 1.29 is 0 Å². The van der Waals surface area contributed by atoms with Crippen LogP contribution in [0.4, 0.5) is 17.1 Å². The second-order valence-corrected chi connectivity index (χ2v) is 8.01. The van der Waals surface area contributed by atoms with Crippen molar-refractivity contribution in [1.82, 2.24) is 4.90 Å². The number of nitrogens with zero attached hydrogens (tertiary/aromatic N) is 3. The molecule has 0 saturated carbocycles. The van der Waals surface area contributed by atoms with E-state index in [9.17, 15) is 0 Å². The van der Waals surface area contributed by atoms with Gasteiger partial charge >= 0.3 is 0 Å². The molecule has 4 heteroatoms. The molecule has 1 fully saturated rings. The molecule has 150 valence electrons. The van der Waals surface area contributed by atoms with Gasteiger partial charge in [-0.25, -0.2) is 0 Å². The maximum atomic E-state index is 4.51. The van der Waals surface area contributed by atoms with Crippen molar-refractivity contribution in [2.24, 2.45) is 10.2 Å². The fourth-order valence-electron chi connectivity index (χ4n) is 4.37. The number of anilines is 1. The summed E-state index contributed by atoms with van der Waals surface area (Å²) in [6, 6.07) is 23.8. The Morgan fingerprint density at radius 1 is 0.828 bits per heavy atom. The van der Waals surface area contributed by atoms with Gasteiger partial charge in [-0.05, 0) is 51.0 Å². The third kappa shape index (κ3) is 4.65. The lowest BCUT2D eigenvalue weighted by atomic mass is 9.98. The van der Waals surface area contributed by atoms with Gasteiger partial charge in [-0.1, -0.05) is 48.9 Å². The van der Waals surface area contributed by atoms with E-state index in [4.69, 9.17) is 0 Å². The minimum atomic E-state index is 0.679. The molecule has 1 saturated heterocycles. The first-order valence-corrected chi connectivity index (χ1v) is 10.7. The molecule has 4 rings (SSSR count). The first-order chi connectivity index (χ1) is 14.2. The highest BCUT2D eigenvalue weighted by Crippen LogP contribution is 2.33. The molecule has 3 aromatic carbocycles. The summed E-state index contributed by atoms with van der Waals surface area (Å²) >= 11 is 0. The van der Waals surface area contributed by atoms with Crippen LogP contribution in [0.3, 0.4) is 0 Å². The molecule has 4 nitrogen and oxygen atoms in total. The van der Waals surface area contributed by atoms with E-state index in [0.717, 1.165) is 35.5 Å². The largest absolute Gasteiger partial charge is 0.383 e. The maximum absolute atomic E-state index is 4.51. The van der Waals surface area contributed by atoms with Crippen LogP contribution in [0.5, 0.6) is 0 Å². The summed E-state index contributed by atoms with van der Waals surface area (Å²) in [6.07, 6.45) is 3.98. The third-order valence-corrected chi connectivity index (χ3v) is 5.99. The predicted octanol–water partition coefficient (Wildman–Crippen LogP) is 6.93. The molecule has 29 heavy (non-hydrogen) atoms. The van der Waals surface area contributed by atoms with E-state index < -0.39 is 0 Å². The van der Waals surface area contributed by atoms with Crippen molar-refractivity contribution in [3.63, 3.8) is 0 Å². The summed E-state index contributed by atoms with van der Waals surface area (Å²) in [5.41, 5.74) is 2.92. The topological polar surface area (TPSA) is 40.0 Å². The van der Waals surface area contributed by atoms with Crippen molar-refractivity contribution >= 4 is 27.8 Å². The molecule has 1 aliphatic rings. The van der Waals surface area contributed by atoms with E-state index in [1.54, 1.807) is 0 Å². The molecule has 1 aliphatic heterocycles. The molecule has 0 aromatic heterocycles. The average Bonchev–Trinajstić information content (AvgIpc) is 2.75. The monoisotopic (exact) mass is 386 g/mol. The fraction of sp³-hybridized carbons (Fsp3) is 0.360. The zero-order chi connectivity index (χ0) is 20.1. The Kier molecular flexibility index (Phi) is 6.20. The van der Waals surface area contributed by atoms with E-state index >= 15 is 0 Å². The smallest absolute Gasteiger partial charge is 0.0936 e. The minimum Gasteiger partial charge on any atom is -0.383 e. The predicted molar refractivity (Wildman–Crippen MR) is 123 cm³/mol. The highest BCUT2D eigenvalue weighted by Gasteiger charge is 2.23. The van der Waals surface area contributed by atoms with Gasteiger partial charge in [0.25, 0.3) is 0 Å². The summed E-state index contributed by atoms with van der Waals surface area (Å²) in [5, 5.41) is 14.9. The third-order valence-electron chi connectivity index (χ3n) is 5.99. The molecular weight excluding hydrogens is 356 g/mol. The van der Waals surface area contributed by atoms with Crippen molar-refractivity contribution in [2.75, 3.05) is 18.4 Å². The lowest BCUT2D eigenvalue weighted by Crippen LogP contribution is -2.45. The zero-order valence-corrected chi connectivity index (χ0v) is 17.4. The Morgan fingerprint density at radius 2 is 1.52 bits per heavy atom. The Balaban J connectivity index is 1.50. The van der Waals surface area contributed by atoms with Crippen LogP contribution in [0.25, 0.3) is 10.8 Å². The van der Waals surface area contributed by atoms with Gasteiger partial charge in [0.2, 0.25) is 0 Å². The first kappa shape index (κ1) is 19.6. The SMILES string of the molecule is C[C@@H]1CCC[C@@H](C)N1CCNc1ccc(N=Nc2ccccc2)c2ccccc12. The highest BCUT2D eigenvalue weighted by molar-refractivity contribution is 6.00. The number of piperidine rings is 1. The van der Waals surface area contributed by atoms with Crippen LogP contribution in [0.2, 0.25) is 0 Å². The quantitative estimate of drug-likeness (QED) is 0.467. The molecule has 0 spiro atoms. The van der Waals surface area contributed by atoms with Gasteiger partial charge in [-0.3, -0.25) is 4.90 Å². The molecule has 1 heterocycles. The lowest BCUT2D eigenvalue weighted by molar-refractivity contribution is 0.109.